The fraction of sp³-hybridized carbons (Fsp3) is 1.00. The van der Waals surface area contributed by atoms with E-state index < -0.39 is 0 Å². The van der Waals surface area contributed by atoms with Gasteiger partial charge in [0.25, 0.3) is 0 Å². The summed E-state index contributed by atoms with van der Waals surface area (Å²) in [7, 11) is 6.66. The van der Waals surface area contributed by atoms with Crippen LogP contribution in [0.15, 0.2) is 0 Å². The first-order valence-electron chi connectivity index (χ1n) is 14.0. The second kappa shape index (κ2) is 19.9. The van der Waals surface area contributed by atoms with Gasteiger partial charge in [0, 0.05) is 11.1 Å². The van der Waals surface area contributed by atoms with E-state index in [-0.39, 0.29) is 11.1 Å². The molecular formula is C27H63N7. The normalized spacial score (nSPS) is 13.1. The number of hydrogen-bond acceptors (Lipinski definition) is 7. The Morgan fingerprint density at radius 3 is 1.12 bits per heavy atom. The summed E-state index contributed by atoms with van der Waals surface area (Å²) in [5.41, 5.74) is 11.6. The topological polar surface area (TPSA) is 85.8 Å². The fourth-order valence-electron chi connectivity index (χ4n) is 4.37. The van der Waals surface area contributed by atoms with E-state index in [9.17, 15) is 0 Å². The lowest BCUT2D eigenvalue weighted by Crippen LogP contribution is -2.42. The highest BCUT2D eigenvalue weighted by Crippen LogP contribution is 2.13. The van der Waals surface area contributed by atoms with Crippen LogP contribution in [0.25, 0.3) is 0 Å². The zero-order chi connectivity index (χ0) is 25.9. The molecule has 0 heterocycles. The van der Waals surface area contributed by atoms with Crippen molar-refractivity contribution in [1.29, 1.82) is 0 Å². The molecule has 0 saturated carbocycles. The standard InChI is InChI=1S/C27H63N7/c1-26(2,14-8-20-32(5)22-10-16-28)30-18-12-24-33(6)21-9-15-27(3,4)31-19-13-25-34(7)23-11-17-29/h30-31H,8-25,28-29H2,1-7H3. The minimum absolute atomic E-state index is 0.209. The lowest BCUT2D eigenvalue weighted by atomic mass is 9.97. The van der Waals surface area contributed by atoms with Crippen molar-refractivity contribution >= 4 is 0 Å². The molecule has 0 aliphatic heterocycles. The maximum atomic E-state index is 5.60. The van der Waals surface area contributed by atoms with Crippen molar-refractivity contribution in [2.24, 2.45) is 11.5 Å². The van der Waals surface area contributed by atoms with Crippen molar-refractivity contribution in [3.63, 3.8) is 0 Å². The van der Waals surface area contributed by atoms with Crippen molar-refractivity contribution in [2.75, 3.05) is 86.6 Å². The van der Waals surface area contributed by atoms with Gasteiger partial charge in [-0.05, 0) is 166 Å². The van der Waals surface area contributed by atoms with Gasteiger partial charge in [0.1, 0.15) is 0 Å². The summed E-state index contributed by atoms with van der Waals surface area (Å²) in [6.07, 6.45) is 9.47. The largest absolute Gasteiger partial charge is 0.330 e. The number of hydrogen-bond donors (Lipinski definition) is 4. The van der Waals surface area contributed by atoms with E-state index in [1.54, 1.807) is 0 Å². The van der Waals surface area contributed by atoms with Crippen molar-refractivity contribution < 1.29 is 0 Å². The first kappa shape index (κ1) is 33.7. The van der Waals surface area contributed by atoms with Gasteiger partial charge in [-0.25, -0.2) is 0 Å². The maximum absolute atomic E-state index is 5.60. The molecule has 7 heteroatoms. The molecule has 0 atom stereocenters. The first-order chi connectivity index (χ1) is 16.0. The summed E-state index contributed by atoms with van der Waals surface area (Å²) in [6, 6.07) is 0. The summed E-state index contributed by atoms with van der Waals surface area (Å²) in [4.78, 5) is 7.28. The Labute approximate surface area is 213 Å². The Balaban J connectivity index is 3.82. The maximum Gasteiger partial charge on any atom is 0.0125 e. The smallest absolute Gasteiger partial charge is 0.0125 e. The molecule has 7 nitrogen and oxygen atoms in total. The summed E-state index contributed by atoms with van der Waals surface area (Å²) >= 11 is 0. The van der Waals surface area contributed by atoms with Gasteiger partial charge in [-0.1, -0.05) is 0 Å². The number of nitrogens with two attached hydrogens (primary N) is 2. The average molecular weight is 486 g/mol. The van der Waals surface area contributed by atoms with Crippen LogP contribution in [0.4, 0.5) is 0 Å². The minimum Gasteiger partial charge on any atom is -0.330 e. The van der Waals surface area contributed by atoms with Crippen LogP contribution < -0.4 is 22.1 Å². The Hall–Kier alpha value is -0.280. The second-order valence-electron chi connectivity index (χ2n) is 11.7. The highest BCUT2D eigenvalue weighted by atomic mass is 15.1. The Morgan fingerprint density at radius 1 is 0.500 bits per heavy atom. The predicted octanol–water partition coefficient (Wildman–Crippen LogP) is 2.56. The number of nitrogens with zero attached hydrogens (tertiary/aromatic N) is 3. The third kappa shape index (κ3) is 21.0. The molecule has 0 fully saturated rings. The van der Waals surface area contributed by atoms with E-state index in [4.69, 9.17) is 11.5 Å². The van der Waals surface area contributed by atoms with Crippen LogP contribution in [0, 0.1) is 0 Å². The summed E-state index contributed by atoms with van der Waals surface area (Å²) in [5.74, 6) is 0. The van der Waals surface area contributed by atoms with Gasteiger partial charge in [-0.15, -0.1) is 0 Å². The van der Waals surface area contributed by atoms with Gasteiger partial charge in [0.15, 0.2) is 0 Å². The molecule has 0 rings (SSSR count). The number of rotatable bonds is 24. The molecule has 6 N–H and O–H groups in total. The molecule has 0 aromatic rings. The van der Waals surface area contributed by atoms with Crippen LogP contribution in [0.2, 0.25) is 0 Å². The lowest BCUT2D eigenvalue weighted by molar-refractivity contribution is 0.267. The quantitative estimate of drug-likeness (QED) is 0.156. The molecule has 0 amide bonds. The first-order valence-corrected chi connectivity index (χ1v) is 14.0. The van der Waals surface area contributed by atoms with Gasteiger partial charge < -0.3 is 36.8 Å². The van der Waals surface area contributed by atoms with Crippen LogP contribution in [0.1, 0.15) is 79.1 Å². The average Bonchev–Trinajstić information content (AvgIpc) is 2.76. The molecule has 0 aliphatic carbocycles. The molecule has 34 heavy (non-hydrogen) atoms. The minimum atomic E-state index is 0.209. The Kier molecular flexibility index (Phi) is 19.7. The molecule has 0 bridgehead atoms. The summed E-state index contributed by atoms with van der Waals surface area (Å²) < 4.78 is 0. The van der Waals surface area contributed by atoms with Crippen molar-refractivity contribution in [1.82, 2.24) is 25.3 Å². The predicted molar refractivity (Wildman–Crippen MR) is 152 cm³/mol. The van der Waals surface area contributed by atoms with Crippen molar-refractivity contribution in [3.8, 4) is 0 Å². The molecule has 206 valence electrons. The zero-order valence-corrected chi connectivity index (χ0v) is 24.2. The third-order valence-corrected chi connectivity index (χ3v) is 6.81. The van der Waals surface area contributed by atoms with Gasteiger partial charge in [-0.2, -0.15) is 0 Å². The van der Waals surface area contributed by atoms with E-state index in [0.29, 0.717) is 0 Å². The molecule has 0 spiro atoms. The fourth-order valence-corrected chi connectivity index (χ4v) is 4.37. The van der Waals surface area contributed by atoms with Crippen LogP contribution in [-0.2, 0) is 0 Å². The zero-order valence-electron chi connectivity index (χ0n) is 24.2. The van der Waals surface area contributed by atoms with Gasteiger partial charge in [-0.3, -0.25) is 0 Å². The summed E-state index contributed by atoms with van der Waals surface area (Å²) in [5, 5.41) is 7.53. The van der Waals surface area contributed by atoms with Crippen LogP contribution in [0.3, 0.4) is 0 Å². The Bertz CT molecular complexity index is 456. The van der Waals surface area contributed by atoms with Crippen LogP contribution in [0.5, 0.6) is 0 Å². The van der Waals surface area contributed by atoms with Gasteiger partial charge >= 0.3 is 0 Å². The molecule has 0 aromatic carbocycles. The SMILES string of the molecule is CN(CCCN)CCCNC(C)(C)CCCN(C)CCCNC(C)(C)CCCN(C)CCCN. The van der Waals surface area contributed by atoms with Gasteiger partial charge in [0.05, 0.1) is 0 Å². The molecule has 0 aromatic heterocycles. The second-order valence-corrected chi connectivity index (χ2v) is 11.7. The summed E-state index contributed by atoms with van der Waals surface area (Å²) in [6.45, 7) is 19.9. The molecule has 0 radical (unpaired) electrons. The van der Waals surface area contributed by atoms with E-state index >= 15 is 0 Å². The van der Waals surface area contributed by atoms with E-state index in [2.05, 4.69) is 74.2 Å². The molecule has 0 aliphatic rings. The van der Waals surface area contributed by atoms with Crippen LogP contribution in [-0.4, -0.2) is 112 Å². The van der Waals surface area contributed by atoms with E-state index in [1.165, 1.54) is 45.1 Å². The van der Waals surface area contributed by atoms with E-state index in [1.807, 2.05) is 0 Å². The van der Waals surface area contributed by atoms with Crippen molar-refractivity contribution in [3.05, 3.63) is 0 Å². The van der Waals surface area contributed by atoms with Gasteiger partial charge in [0.2, 0.25) is 0 Å². The van der Waals surface area contributed by atoms with Crippen LogP contribution >= 0.6 is 0 Å². The van der Waals surface area contributed by atoms with Crippen molar-refractivity contribution in [2.45, 2.75) is 90.1 Å². The monoisotopic (exact) mass is 486 g/mol. The highest BCUT2D eigenvalue weighted by molar-refractivity contribution is 4.79. The Morgan fingerprint density at radius 2 is 0.794 bits per heavy atom. The highest BCUT2D eigenvalue weighted by Gasteiger charge is 2.18. The van der Waals surface area contributed by atoms with E-state index in [0.717, 1.165) is 71.7 Å². The molecule has 0 saturated heterocycles. The molecular weight excluding hydrogens is 422 g/mol. The third-order valence-electron chi connectivity index (χ3n) is 6.81. The lowest BCUT2D eigenvalue weighted by Gasteiger charge is -2.29. The number of nitrogens with one attached hydrogen (secondary N) is 2. The molecule has 0 unspecified atom stereocenters.